The third-order valence-corrected chi connectivity index (χ3v) is 5.62. The Balaban J connectivity index is 1.76. The molecule has 0 saturated carbocycles. The average Bonchev–Trinajstić information content (AvgIpc) is 3.25. The molecule has 1 aromatic heterocycles. The van der Waals surface area contributed by atoms with E-state index in [0.29, 0.717) is 36.6 Å². The maximum atomic E-state index is 15.3. The molecule has 7 nitrogen and oxygen atoms in total. The van der Waals surface area contributed by atoms with Crippen LogP contribution in [0.1, 0.15) is 24.5 Å². The highest BCUT2D eigenvalue weighted by Gasteiger charge is 2.32. The van der Waals surface area contributed by atoms with Crippen LogP contribution in [0.3, 0.4) is 0 Å². The Morgan fingerprint density at radius 2 is 1.93 bits per heavy atom. The number of pyridine rings is 1. The molecule has 1 fully saturated rings. The molecule has 5 rings (SSSR count). The number of hydrogen-bond donors (Lipinski definition) is 1. The van der Waals surface area contributed by atoms with Gasteiger partial charge in [0.15, 0.2) is 17.3 Å². The first-order valence-electron chi connectivity index (χ1n) is 9.80. The minimum absolute atomic E-state index is 0.0377. The summed E-state index contributed by atoms with van der Waals surface area (Å²) in [6.07, 6.45) is 1.26. The summed E-state index contributed by atoms with van der Waals surface area (Å²) in [6.45, 7) is 1.74. The van der Waals surface area contributed by atoms with Gasteiger partial charge in [-0.1, -0.05) is 30.3 Å². The smallest absolute Gasteiger partial charge is 0.479 e. The van der Waals surface area contributed by atoms with Gasteiger partial charge < -0.3 is 24.0 Å². The van der Waals surface area contributed by atoms with Crippen molar-refractivity contribution in [3.63, 3.8) is 0 Å². The molecule has 0 spiro atoms. The Morgan fingerprint density at radius 1 is 1.20 bits per heavy atom. The SMILES string of the molecule is O=C(O)Oc1cn2c3c(c(N4CCCC4)c(F)cc3c1=O)OC(c1ccccc1)C2. The highest BCUT2D eigenvalue weighted by Crippen LogP contribution is 2.45. The predicted octanol–water partition coefficient (Wildman–Crippen LogP) is 3.93. The number of aromatic nitrogens is 1. The lowest BCUT2D eigenvalue weighted by molar-refractivity contribution is 0.143. The molecule has 2 aromatic carbocycles. The van der Waals surface area contributed by atoms with Crippen LogP contribution in [0.4, 0.5) is 14.9 Å². The highest BCUT2D eigenvalue weighted by atomic mass is 19.1. The molecule has 1 atom stereocenters. The van der Waals surface area contributed by atoms with Crippen molar-refractivity contribution in [2.45, 2.75) is 25.5 Å². The van der Waals surface area contributed by atoms with Crippen LogP contribution in [0.25, 0.3) is 10.9 Å². The average molecular weight is 410 g/mol. The molecule has 1 N–H and O–H groups in total. The lowest BCUT2D eigenvalue weighted by Crippen LogP contribution is -2.28. The van der Waals surface area contributed by atoms with E-state index in [2.05, 4.69) is 4.74 Å². The summed E-state index contributed by atoms with van der Waals surface area (Å²) in [5.41, 5.74) is 1.01. The van der Waals surface area contributed by atoms with Gasteiger partial charge in [-0.3, -0.25) is 4.79 Å². The molecule has 2 aliphatic heterocycles. The lowest BCUT2D eigenvalue weighted by Gasteiger charge is -2.32. The van der Waals surface area contributed by atoms with Gasteiger partial charge in [0.2, 0.25) is 5.43 Å². The normalized spacial score (nSPS) is 17.8. The number of halogens is 1. The van der Waals surface area contributed by atoms with Crippen LogP contribution in [0, 0.1) is 5.82 Å². The summed E-state index contributed by atoms with van der Waals surface area (Å²) < 4.78 is 28.0. The van der Waals surface area contributed by atoms with Gasteiger partial charge in [-0.2, -0.15) is 0 Å². The summed E-state index contributed by atoms with van der Waals surface area (Å²) in [7, 11) is 0. The molecule has 1 unspecified atom stereocenters. The van der Waals surface area contributed by atoms with Crippen LogP contribution in [-0.4, -0.2) is 28.9 Å². The molecule has 1 saturated heterocycles. The van der Waals surface area contributed by atoms with Crippen molar-refractivity contribution in [2.75, 3.05) is 18.0 Å². The second-order valence-electron chi connectivity index (χ2n) is 7.49. The number of benzene rings is 2. The Kier molecular flexibility index (Phi) is 4.34. The van der Waals surface area contributed by atoms with Gasteiger partial charge in [-0.15, -0.1) is 0 Å². The summed E-state index contributed by atoms with van der Waals surface area (Å²) in [4.78, 5) is 25.8. The van der Waals surface area contributed by atoms with Gasteiger partial charge in [0.1, 0.15) is 11.8 Å². The first-order valence-corrected chi connectivity index (χ1v) is 9.80. The number of rotatable bonds is 3. The Hall–Kier alpha value is -3.55. The molecule has 0 aliphatic carbocycles. The third-order valence-electron chi connectivity index (χ3n) is 5.62. The highest BCUT2D eigenvalue weighted by molar-refractivity contribution is 5.93. The van der Waals surface area contributed by atoms with Gasteiger partial charge in [0, 0.05) is 13.1 Å². The third kappa shape index (κ3) is 2.96. The second-order valence-corrected chi connectivity index (χ2v) is 7.49. The van der Waals surface area contributed by atoms with Crippen molar-refractivity contribution >= 4 is 22.7 Å². The van der Waals surface area contributed by atoms with Crippen LogP contribution in [0.15, 0.2) is 47.4 Å². The van der Waals surface area contributed by atoms with Crippen LogP contribution >= 0.6 is 0 Å². The number of ether oxygens (including phenoxy) is 2. The molecule has 2 aliphatic rings. The van der Waals surface area contributed by atoms with E-state index in [9.17, 15) is 9.59 Å². The Labute approximate surface area is 170 Å². The fourth-order valence-electron chi connectivity index (χ4n) is 4.32. The molecular weight excluding hydrogens is 391 g/mol. The Bertz CT molecular complexity index is 1200. The van der Waals surface area contributed by atoms with Crippen molar-refractivity contribution in [1.29, 1.82) is 0 Å². The summed E-state index contributed by atoms with van der Waals surface area (Å²) >= 11 is 0. The number of hydrogen-bond acceptors (Lipinski definition) is 5. The van der Waals surface area contributed by atoms with E-state index < -0.39 is 23.5 Å². The van der Waals surface area contributed by atoms with Crippen molar-refractivity contribution < 1.29 is 23.8 Å². The minimum Gasteiger partial charge on any atom is -0.479 e. The van der Waals surface area contributed by atoms with E-state index in [1.54, 1.807) is 4.57 Å². The zero-order valence-corrected chi connectivity index (χ0v) is 16.0. The van der Waals surface area contributed by atoms with Crippen molar-refractivity contribution in [1.82, 2.24) is 4.57 Å². The molecule has 8 heteroatoms. The molecule has 0 amide bonds. The molecule has 0 radical (unpaired) electrons. The van der Waals surface area contributed by atoms with Crippen LogP contribution in [-0.2, 0) is 6.54 Å². The van der Waals surface area contributed by atoms with Gasteiger partial charge in [0.25, 0.3) is 0 Å². The topological polar surface area (TPSA) is 81.0 Å². The van der Waals surface area contributed by atoms with Gasteiger partial charge in [0.05, 0.1) is 23.6 Å². The Morgan fingerprint density at radius 3 is 2.63 bits per heavy atom. The standard InChI is InChI=1S/C22H19FN2O5/c23-15-10-14-18-21(19(15)24-8-4-5-9-24)29-16(13-6-2-1-3-7-13)11-25(18)12-17(20(14)26)30-22(27)28/h1-3,6-7,10,12,16H,4-5,8-9,11H2,(H,27,28). The van der Waals surface area contributed by atoms with Crippen LogP contribution < -0.4 is 19.8 Å². The van der Waals surface area contributed by atoms with E-state index in [-0.39, 0.29) is 11.1 Å². The number of nitrogens with zero attached hydrogens (tertiary/aromatic N) is 2. The van der Waals surface area contributed by atoms with Crippen molar-refractivity contribution in [3.8, 4) is 11.5 Å². The quantitative estimate of drug-likeness (QED) is 0.659. The predicted molar refractivity (Wildman–Crippen MR) is 108 cm³/mol. The van der Waals surface area contributed by atoms with Crippen molar-refractivity contribution in [3.05, 3.63) is 64.2 Å². The zero-order valence-electron chi connectivity index (χ0n) is 16.0. The molecular formula is C22H19FN2O5. The van der Waals surface area contributed by atoms with E-state index in [0.717, 1.165) is 24.5 Å². The molecule has 154 valence electrons. The van der Waals surface area contributed by atoms with E-state index in [1.165, 1.54) is 6.20 Å². The van der Waals surface area contributed by atoms with Crippen LogP contribution in [0.5, 0.6) is 11.5 Å². The largest absolute Gasteiger partial charge is 0.511 e. The summed E-state index contributed by atoms with van der Waals surface area (Å²) in [5, 5.41) is 9.03. The first-order chi connectivity index (χ1) is 14.5. The fraction of sp³-hybridized carbons (Fsp3) is 0.273. The lowest BCUT2D eigenvalue weighted by atomic mass is 10.0. The zero-order chi connectivity index (χ0) is 20.8. The van der Waals surface area contributed by atoms with E-state index in [4.69, 9.17) is 9.84 Å². The first kappa shape index (κ1) is 18.5. The van der Waals surface area contributed by atoms with Gasteiger partial charge in [-0.25, -0.2) is 9.18 Å². The monoisotopic (exact) mass is 410 g/mol. The molecule has 3 aromatic rings. The maximum absolute atomic E-state index is 15.3. The fourth-order valence-corrected chi connectivity index (χ4v) is 4.32. The van der Waals surface area contributed by atoms with Gasteiger partial charge in [-0.05, 0) is 24.5 Å². The number of carboxylic acid groups (broad SMARTS) is 1. The molecule has 30 heavy (non-hydrogen) atoms. The van der Waals surface area contributed by atoms with E-state index >= 15 is 4.39 Å². The minimum atomic E-state index is -1.60. The van der Waals surface area contributed by atoms with Crippen LogP contribution in [0.2, 0.25) is 0 Å². The maximum Gasteiger partial charge on any atom is 0.511 e. The second kappa shape index (κ2) is 7.05. The van der Waals surface area contributed by atoms with E-state index in [1.807, 2.05) is 35.2 Å². The van der Waals surface area contributed by atoms with Gasteiger partial charge >= 0.3 is 6.16 Å². The number of carbonyl (C=O) groups is 1. The summed E-state index contributed by atoms with van der Waals surface area (Å²) in [6, 6.07) is 10.7. The number of anilines is 1. The molecule has 3 heterocycles. The molecule has 0 bridgehead atoms. The van der Waals surface area contributed by atoms with Crippen molar-refractivity contribution in [2.24, 2.45) is 0 Å². The summed E-state index contributed by atoms with van der Waals surface area (Å²) in [5.74, 6) is -0.613.